The van der Waals surface area contributed by atoms with Crippen molar-refractivity contribution in [2.24, 2.45) is 0 Å². The van der Waals surface area contributed by atoms with Crippen molar-refractivity contribution in [2.45, 2.75) is 0 Å². The molecule has 0 aliphatic carbocycles. The number of hydrogen-bond acceptors (Lipinski definition) is 4. The van der Waals surface area contributed by atoms with Crippen LogP contribution >= 0.6 is 43.2 Å². The normalized spacial score (nSPS) is 10.4. The van der Waals surface area contributed by atoms with Crippen molar-refractivity contribution in [2.75, 3.05) is 0 Å². The fourth-order valence-electron chi connectivity index (χ4n) is 1.19. The zero-order valence-corrected chi connectivity index (χ0v) is 11.8. The summed E-state index contributed by atoms with van der Waals surface area (Å²) in [6, 6.07) is 3.51. The molecule has 0 saturated carbocycles. The Balaban J connectivity index is 2.52. The molecule has 16 heavy (non-hydrogen) atoms. The van der Waals surface area contributed by atoms with Gasteiger partial charge in [0.2, 0.25) is 0 Å². The molecule has 82 valence electrons. The number of carbonyl (C=O) groups is 1. The molecule has 0 fully saturated rings. The first-order valence-corrected chi connectivity index (χ1v) is 6.67. The van der Waals surface area contributed by atoms with Gasteiger partial charge in [-0.2, -0.15) is 0 Å². The number of aromatic hydroxyl groups is 1. The van der Waals surface area contributed by atoms with E-state index in [0.29, 0.717) is 19.6 Å². The smallest absolute Gasteiger partial charge is 0.178 e. The van der Waals surface area contributed by atoms with Gasteiger partial charge in [0, 0.05) is 10.9 Å². The Bertz CT molecular complexity index is 530. The fourth-order valence-corrected chi connectivity index (χ4v) is 3.00. The Morgan fingerprint density at radius 2 is 1.94 bits per heavy atom. The van der Waals surface area contributed by atoms with E-state index in [-0.39, 0.29) is 5.75 Å². The molecule has 0 bridgehead atoms. The molecule has 0 amide bonds. The summed E-state index contributed by atoms with van der Waals surface area (Å²) >= 11 is 7.78. The van der Waals surface area contributed by atoms with Crippen molar-refractivity contribution in [3.8, 4) is 17.0 Å². The molecule has 0 spiro atoms. The molecule has 3 nitrogen and oxygen atoms in total. The molecule has 1 heterocycles. The van der Waals surface area contributed by atoms with E-state index < -0.39 is 0 Å². The summed E-state index contributed by atoms with van der Waals surface area (Å²) in [4.78, 5) is 14.7. The maximum absolute atomic E-state index is 10.5. The van der Waals surface area contributed by atoms with Gasteiger partial charge in [-0.3, -0.25) is 4.79 Å². The lowest BCUT2D eigenvalue weighted by atomic mass is 10.2. The molecule has 1 aromatic carbocycles. The Morgan fingerprint density at radius 1 is 1.31 bits per heavy atom. The topological polar surface area (TPSA) is 50.2 Å². The van der Waals surface area contributed by atoms with Crippen LogP contribution in [0.3, 0.4) is 0 Å². The van der Waals surface area contributed by atoms with Gasteiger partial charge in [-0.1, -0.05) is 0 Å². The second-order valence-electron chi connectivity index (χ2n) is 2.98. The summed E-state index contributed by atoms with van der Waals surface area (Å²) in [6.45, 7) is 0. The van der Waals surface area contributed by atoms with Gasteiger partial charge in [-0.05, 0) is 44.0 Å². The van der Waals surface area contributed by atoms with Crippen LogP contribution in [0.25, 0.3) is 11.3 Å². The van der Waals surface area contributed by atoms with Gasteiger partial charge in [0.05, 0.1) is 14.6 Å². The highest BCUT2D eigenvalue weighted by Gasteiger charge is 2.09. The zero-order chi connectivity index (χ0) is 11.7. The van der Waals surface area contributed by atoms with E-state index in [1.54, 1.807) is 17.5 Å². The number of nitrogens with zero attached hydrogens (tertiary/aromatic N) is 1. The Labute approximate surface area is 112 Å². The number of carbonyl (C=O) groups excluding carboxylic acids is 1. The standard InChI is InChI=1S/C10H5Br2NO2S/c11-6-1-5(2-7(12)10(6)15)8-4-16-9(3-14)13-8/h1-4,15H. The van der Waals surface area contributed by atoms with E-state index >= 15 is 0 Å². The van der Waals surface area contributed by atoms with Crippen LogP contribution in [0.4, 0.5) is 0 Å². The van der Waals surface area contributed by atoms with Gasteiger partial charge in [-0.25, -0.2) is 4.98 Å². The first kappa shape index (κ1) is 11.8. The number of rotatable bonds is 2. The highest BCUT2D eigenvalue weighted by Crippen LogP contribution is 2.36. The number of phenolic OH excluding ortho intramolecular Hbond substituents is 1. The van der Waals surface area contributed by atoms with E-state index in [0.717, 1.165) is 11.8 Å². The molecular formula is C10H5Br2NO2S. The highest BCUT2D eigenvalue weighted by molar-refractivity contribution is 9.11. The van der Waals surface area contributed by atoms with Crippen LogP contribution in [0.5, 0.6) is 5.75 Å². The summed E-state index contributed by atoms with van der Waals surface area (Å²) in [5.41, 5.74) is 1.55. The maximum Gasteiger partial charge on any atom is 0.178 e. The molecule has 0 saturated heterocycles. The SMILES string of the molecule is O=Cc1nc(-c2cc(Br)c(O)c(Br)c2)cs1. The lowest BCUT2D eigenvalue weighted by molar-refractivity contribution is 0.112. The molecule has 0 radical (unpaired) electrons. The summed E-state index contributed by atoms with van der Waals surface area (Å²) in [7, 11) is 0. The molecule has 0 aliphatic rings. The quantitative estimate of drug-likeness (QED) is 0.825. The van der Waals surface area contributed by atoms with Crippen molar-refractivity contribution in [3.05, 3.63) is 31.5 Å². The summed E-state index contributed by atoms with van der Waals surface area (Å²) < 4.78 is 1.16. The third kappa shape index (κ3) is 2.18. The zero-order valence-electron chi connectivity index (χ0n) is 7.78. The van der Waals surface area contributed by atoms with E-state index in [9.17, 15) is 9.90 Å². The number of halogens is 2. The van der Waals surface area contributed by atoms with Gasteiger partial charge in [0.1, 0.15) is 5.75 Å². The van der Waals surface area contributed by atoms with Gasteiger partial charge in [0.15, 0.2) is 11.3 Å². The number of phenols is 1. The van der Waals surface area contributed by atoms with Crippen LogP contribution in [0.2, 0.25) is 0 Å². The van der Waals surface area contributed by atoms with Gasteiger partial charge in [0.25, 0.3) is 0 Å². The largest absolute Gasteiger partial charge is 0.506 e. The predicted molar refractivity (Wildman–Crippen MR) is 70.0 cm³/mol. The molecule has 1 aromatic heterocycles. The second kappa shape index (κ2) is 4.65. The summed E-state index contributed by atoms with van der Waals surface area (Å²) in [5, 5.41) is 11.8. The third-order valence-electron chi connectivity index (χ3n) is 1.94. The minimum absolute atomic E-state index is 0.148. The van der Waals surface area contributed by atoms with Crippen LogP contribution in [0, 0.1) is 0 Å². The first-order chi connectivity index (χ1) is 7.61. The maximum atomic E-state index is 10.5. The van der Waals surface area contributed by atoms with Crippen LogP contribution in [0.1, 0.15) is 9.80 Å². The van der Waals surface area contributed by atoms with Crippen molar-refractivity contribution in [3.63, 3.8) is 0 Å². The second-order valence-corrected chi connectivity index (χ2v) is 5.58. The van der Waals surface area contributed by atoms with Crippen LogP contribution in [-0.2, 0) is 0 Å². The predicted octanol–water partition coefficient (Wildman–Crippen LogP) is 3.85. The number of benzene rings is 1. The molecule has 1 N–H and O–H groups in total. The van der Waals surface area contributed by atoms with Gasteiger partial charge >= 0.3 is 0 Å². The first-order valence-electron chi connectivity index (χ1n) is 4.21. The van der Waals surface area contributed by atoms with E-state index in [1.165, 1.54) is 11.3 Å². The van der Waals surface area contributed by atoms with E-state index in [4.69, 9.17) is 0 Å². The monoisotopic (exact) mass is 361 g/mol. The van der Waals surface area contributed by atoms with Crippen molar-refractivity contribution < 1.29 is 9.90 Å². The van der Waals surface area contributed by atoms with Crippen LogP contribution in [-0.4, -0.2) is 16.4 Å². The number of thiazole rings is 1. The average molecular weight is 363 g/mol. The molecule has 2 rings (SSSR count). The highest BCUT2D eigenvalue weighted by atomic mass is 79.9. The van der Waals surface area contributed by atoms with Gasteiger partial charge < -0.3 is 5.11 Å². The minimum Gasteiger partial charge on any atom is -0.506 e. The fraction of sp³-hybridized carbons (Fsp3) is 0. The Kier molecular flexibility index (Phi) is 3.41. The molecule has 6 heteroatoms. The number of aldehydes is 1. The van der Waals surface area contributed by atoms with Crippen molar-refractivity contribution >= 4 is 49.5 Å². The third-order valence-corrected chi connectivity index (χ3v) is 3.91. The van der Waals surface area contributed by atoms with E-state index in [2.05, 4.69) is 36.8 Å². The summed E-state index contributed by atoms with van der Waals surface area (Å²) in [5.74, 6) is 0.148. The Hall–Kier alpha value is -0.720. The van der Waals surface area contributed by atoms with Crippen LogP contribution in [0.15, 0.2) is 26.5 Å². The molecule has 0 aliphatic heterocycles. The minimum atomic E-state index is 0.148. The molecule has 0 atom stereocenters. The van der Waals surface area contributed by atoms with Crippen LogP contribution < -0.4 is 0 Å². The summed E-state index contributed by atoms with van der Waals surface area (Å²) in [6.07, 6.45) is 0.721. The molecular weight excluding hydrogens is 358 g/mol. The molecule has 0 unspecified atom stereocenters. The average Bonchev–Trinajstić information content (AvgIpc) is 2.73. The lowest BCUT2D eigenvalue weighted by Gasteiger charge is -2.03. The number of aromatic nitrogens is 1. The van der Waals surface area contributed by atoms with Crippen molar-refractivity contribution in [1.29, 1.82) is 0 Å². The van der Waals surface area contributed by atoms with Crippen molar-refractivity contribution in [1.82, 2.24) is 4.98 Å². The molecule has 2 aromatic rings. The van der Waals surface area contributed by atoms with E-state index in [1.807, 2.05) is 0 Å². The Morgan fingerprint density at radius 3 is 2.44 bits per heavy atom. The lowest BCUT2D eigenvalue weighted by Crippen LogP contribution is -1.82. The van der Waals surface area contributed by atoms with Gasteiger partial charge in [-0.15, -0.1) is 11.3 Å². The number of hydrogen-bond donors (Lipinski definition) is 1.